The second kappa shape index (κ2) is 11.9. The van der Waals surface area contributed by atoms with Crippen LogP contribution in [0.5, 0.6) is 0 Å². The minimum Gasteiger partial charge on any atom is -0.0917 e. The zero-order valence-electron chi connectivity index (χ0n) is 16.5. The van der Waals surface area contributed by atoms with Crippen LogP contribution in [0.15, 0.2) is 24.3 Å². The fourth-order valence-electron chi connectivity index (χ4n) is 5.05. The molecule has 2 aliphatic carbocycles. The van der Waals surface area contributed by atoms with Gasteiger partial charge in [0.2, 0.25) is 0 Å². The Bertz CT molecular complexity index is 356. The quantitative estimate of drug-likeness (QED) is 0.296. The molecular weight excluding hydrogens is 288 g/mol. The summed E-state index contributed by atoms with van der Waals surface area (Å²) in [5.41, 5.74) is 0. The van der Waals surface area contributed by atoms with Gasteiger partial charge < -0.3 is 0 Å². The first kappa shape index (κ1) is 19.8. The van der Waals surface area contributed by atoms with Crippen LogP contribution in [0.3, 0.4) is 0 Å². The van der Waals surface area contributed by atoms with Crippen molar-refractivity contribution in [2.24, 2.45) is 23.7 Å². The molecule has 0 spiro atoms. The van der Waals surface area contributed by atoms with Gasteiger partial charge in [-0.2, -0.15) is 0 Å². The van der Waals surface area contributed by atoms with Crippen molar-refractivity contribution in [3.63, 3.8) is 0 Å². The summed E-state index contributed by atoms with van der Waals surface area (Å²) in [4.78, 5) is 0. The summed E-state index contributed by atoms with van der Waals surface area (Å²) in [7, 11) is 0. The molecule has 0 nitrogen and oxygen atoms in total. The third-order valence-electron chi connectivity index (χ3n) is 6.61. The van der Waals surface area contributed by atoms with Crippen LogP contribution in [0.1, 0.15) is 104 Å². The topological polar surface area (TPSA) is 0 Å². The van der Waals surface area contributed by atoms with E-state index in [2.05, 4.69) is 38.2 Å². The summed E-state index contributed by atoms with van der Waals surface area (Å²) < 4.78 is 0. The zero-order valence-corrected chi connectivity index (χ0v) is 16.5. The zero-order chi connectivity index (χ0) is 17.0. The van der Waals surface area contributed by atoms with Gasteiger partial charge in [0.15, 0.2) is 0 Å². The molecule has 0 N–H and O–H groups in total. The second-order valence-corrected chi connectivity index (χ2v) is 8.61. The van der Waals surface area contributed by atoms with Crippen molar-refractivity contribution in [2.75, 3.05) is 0 Å². The van der Waals surface area contributed by atoms with Crippen LogP contribution in [0, 0.1) is 23.7 Å². The molecule has 0 amide bonds. The number of hydrogen-bond acceptors (Lipinski definition) is 0. The number of unbranched alkanes of at least 4 members (excludes halogenated alkanes) is 1. The molecule has 0 heterocycles. The third kappa shape index (κ3) is 7.58. The van der Waals surface area contributed by atoms with Gasteiger partial charge in [-0.05, 0) is 69.1 Å². The van der Waals surface area contributed by atoms with E-state index in [-0.39, 0.29) is 0 Å². The van der Waals surface area contributed by atoms with Gasteiger partial charge in [0.1, 0.15) is 0 Å². The molecule has 0 radical (unpaired) electrons. The van der Waals surface area contributed by atoms with Gasteiger partial charge in [-0.1, -0.05) is 82.6 Å². The second-order valence-electron chi connectivity index (χ2n) is 8.61. The molecule has 2 fully saturated rings. The maximum absolute atomic E-state index is 2.51. The number of hydrogen-bond donors (Lipinski definition) is 0. The minimum atomic E-state index is 0.899. The van der Waals surface area contributed by atoms with E-state index < -0.39 is 0 Å². The van der Waals surface area contributed by atoms with E-state index in [9.17, 15) is 0 Å². The Hall–Kier alpha value is -0.520. The maximum atomic E-state index is 2.51. The van der Waals surface area contributed by atoms with Crippen LogP contribution < -0.4 is 0 Å². The fraction of sp³-hybridized carbons (Fsp3) is 0.833. The molecule has 0 aromatic rings. The van der Waals surface area contributed by atoms with Crippen LogP contribution in [0.4, 0.5) is 0 Å². The van der Waals surface area contributed by atoms with Gasteiger partial charge in [0.05, 0.1) is 0 Å². The van der Waals surface area contributed by atoms with Crippen molar-refractivity contribution in [3.8, 4) is 0 Å². The summed E-state index contributed by atoms with van der Waals surface area (Å²) in [6, 6.07) is 0. The van der Waals surface area contributed by atoms with Crippen molar-refractivity contribution in [1.29, 1.82) is 0 Å². The van der Waals surface area contributed by atoms with Crippen LogP contribution in [-0.2, 0) is 0 Å². The predicted octanol–water partition coefficient (Wildman–Crippen LogP) is 8.09. The van der Waals surface area contributed by atoms with Crippen molar-refractivity contribution in [3.05, 3.63) is 24.3 Å². The molecule has 0 aromatic heterocycles. The third-order valence-corrected chi connectivity index (χ3v) is 6.61. The fourth-order valence-corrected chi connectivity index (χ4v) is 5.05. The highest BCUT2D eigenvalue weighted by molar-refractivity contribution is 4.91. The van der Waals surface area contributed by atoms with Crippen molar-refractivity contribution < 1.29 is 0 Å². The van der Waals surface area contributed by atoms with E-state index in [0.717, 1.165) is 23.7 Å². The first-order valence-corrected chi connectivity index (χ1v) is 11.1. The standard InChI is InChI=1S/C24H42/c1-3-5-10-21-16-18-22(19-17-21)12-7-8-13-24-15-9-14-23(20-24)11-6-4-2/h3,5-6,11,21-24H,4,7-10,12-20H2,1-2H3/b5-3-,11-6-/t21-,22-,23?,24?. The SMILES string of the molecule is C/C=C\C[C@H]1CC[C@H](CCCCC2CCCC(/C=C\CC)C2)CC1. The van der Waals surface area contributed by atoms with E-state index >= 15 is 0 Å². The molecule has 0 aliphatic heterocycles. The first-order valence-electron chi connectivity index (χ1n) is 11.1. The Balaban J connectivity index is 1.53. The van der Waals surface area contributed by atoms with Gasteiger partial charge in [0.25, 0.3) is 0 Å². The lowest BCUT2D eigenvalue weighted by atomic mass is 9.77. The summed E-state index contributed by atoms with van der Waals surface area (Å²) in [5.74, 6) is 3.98. The maximum Gasteiger partial charge on any atom is -0.0231 e. The highest BCUT2D eigenvalue weighted by Crippen LogP contribution is 2.36. The molecule has 0 aromatic carbocycles. The van der Waals surface area contributed by atoms with Gasteiger partial charge in [-0.25, -0.2) is 0 Å². The molecule has 2 rings (SSSR count). The van der Waals surface area contributed by atoms with E-state index in [1.54, 1.807) is 0 Å². The Kier molecular flexibility index (Phi) is 9.85. The van der Waals surface area contributed by atoms with E-state index in [1.165, 1.54) is 89.9 Å². The van der Waals surface area contributed by atoms with Crippen LogP contribution in [0.2, 0.25) is 0 Å². The van der Waals surface area contributed by atoms with Gasteiger partial charge in [-0.3, -0.25) is 0 Å². The van der Waals surface area contributed by atoms with Crippen LogP contribution >= 0.6 is 0 Å². The van der Waals surface area contributed by atoms with Gasteiger partial charge in [-0.15, -0.1) is 0 Å². The molecule has 0 saturated heterocycles. The monoisotopic (exact) mass is 330 g/mol. The molecule has 2 atom stereocenters. The molecule has 138 valence electrons. The molecule has 24 heavy (non-hydrogen) atoms. The first-order chi connectivity index (χ1) is 11.8. The summed E-state index contributed by atoms with van der Waals surface area (Å²) in [5, 5.41) is 0. The summed E-state index contributed by atoms with van der Waals surface area (Å²) in [6.07, 6.45) is 29.9. The van der Waals surface area contributed by atoms with E-state index in [0.29, 0.717) is 0 Å². The normalized spacial score (nSPS) is 31.9. The lowest BCUT2D eigenvalue weighted by Crippen LogP contribution is -2.15. The Morgan fingerprint density at radius 3 is 2.21 bits per heavy atom. The number of rotatable bonds is 9. The van der Waals surface area contributed by atoms with Crippen molar-refractivity contribution in [1.82, 2.24) is 0 Å². The smallest absolute Gasteiger partial charge is 0.0231 e. The van der Waals surface area contributed by atoms with Gasteiger partial charge >= 0.3 is 0 Å². The minimum absolute atomic E-state index is 0.899. The largest absolute Gasteiger partial charge is 0.0917 e. The Morgan fingerprint density at radius 2 is 1.50 bits per heavy atom. The van der Waals surface area contributed by atoms with Crippen LogP contribution in [0.25, 0.3) is 0 Å². The molecule has 0 bridgehead atoms. The summed E-state index contributed by atoms with van der Waals surface area (Å²) in [6.45, 7) is 4.41. The molecule has 2 saturated carbocycles. The van der Waals surface area contributed by atoms with Crippen molar-refractivity contribution in [2.45, 2.75) is 104 Å². The summed E-state index contributed by atoms with van der Waals surface area (Å²) >= 11 is 0. The predicted molar refractivity (Wildman–Crippen MR) is 108 cm³/mol. The molecule has 2 aliphatic rings. The molecule has 2 unspecified atom stereocenters. The molecular formula is C24H42. The Morgan fingerprint density at radius 1 is 0.792 bits per heavy atom. The lowest BCUT2D eigenvalue weighted by molar-refractivity contribution is 0.250. The van der Waals surface area contributed by atoms with E-state index in [1.807, 2.05) is 0 Å². The van der Waals surface area contributed by atoms with E-state index in [4.69, 9.17) is 0 Å². The van der Waals surface area contributed by atoms with Crippen LogP contribution in [-0.4, -0.2) is 0 Å². The Labute approximate surface area is 152 Å². The highest BCUT2D eigenvalue weighted by atomic mass is 14.3. The number of allylic oxidation sites excluding steroid dienone is 4. The average molecular weight is 331 g/mol. The van der Waals surface area contributed by atoms with Gasteiger partial charge in [0, 0.05) is 0 Å². The van der Waals surface area contributed by atoms with Crippen molar-refractivity contribution >= 4 is 0 Å². The average Bonchev–Trinajstić information content (AvgIpc) is 2.63. The lowest BCUT2D eigenvalue weighted by Gasteiger charge is -2.29. The highest BCUT2D eigenvalue weighted by Gasteiger charge is 2.21. The molecule has 0 heteroatoms.